The van der Waals surface area contributed by atoms with Crippen molar-refractivity contribution in [2.75, 3.05) is 5.32 Å². The number of nitrogens with one attached hydrogen (secondary N) is 1. The van der Waals surface area contributed by atoms with Crippen LogP contribution >= 0.6 is 0 Å². The topological polar surface area (TPSA) is 110 Å². The smallest absolute Gasteiger partial charge is 0.307 e. The molecule has 0 aliphatic carbocycles. The van der Waals surface area contributed by atoms with Crippen molar-refractivity contribution in [3.63, 3.8) is 0 Å². The Balaban J connectivity index is 2.18. The highest BCUT2D eigenvalue weighted by molar-refractivity contribution is 5.94. The van der Waals surface area contributed by atoms with Gasteiger partial charge in [0.15, 0.2) is 0 Å². The molecule has 1 unspecified atom stereocenters. The van der Waals surface area contributed by atoms with Crippen molar-refractivity contribution >= 4 is 17.3 Å². The lowest BCUT2D eigenvalue weighted by Crippen LogP contribution is -2.25. The van der Waals surface area contributed by atoms with Crippen LogP contribution in [0.15, 0.2) is 36.7 Å². The zero-order valence-corrected chi connectivity index (χ0v) is 11.3. The third kappa shape index (κ3) is 3.16. The second kappa shape index (κ2) is 6.04. The van der Waals surface area contributed by atoms with Crippen molar-refractivity contribution in [1.29, 1.82) is 0 Å². The third-order valence-corrected chi connectivity index (χ3v) is 2.97. The molecular formula is C13H14N4O4. The highest BCUT2D eigenvalue weighted by atomic mass is 16.6. The molecule has 0 fully saturated rings. The van der Waals surface area contributed by atoms with Gasteiger partial charge in [-0.3, -0.25) is 19.6 Å². The summed E-state index contributed by atoms with van der Waals surface area (Å²) in [6.07, 6.45) is 2.70. The summed E-state index contributed by atoms with van der Waals surface area (Å²) >= 11 is 0. The highest BCUT2D eigenvalue weighted by Crippen LogP contribution is 2.24. The van der Waals surface area contributed by atoms with Gasteiger partial charge in [-0.15, -0.1) is 0 Å². The SMILES string of the molecule is CCC(C(=O)Nc1ccccc1O)n1cc([N+](=O)[O-])cn1. The number of hydrogen-bond acceptors (Lipinski definition) is 5. The molecule has 1 aromatic carbocycles. The first-order valence-corrected chi connectivity index (χ1v) is 6.30. The number of carbonyl (C=O) groups excluding carboxylic acids is 1. The molecule has 0 spiro atoms. The van der Waals surface area contributed by atoms with Crippen LogP contribution in [0.3, 0.4) is 0 Å². The molecule has 110 valence electrons. The number of aromatic nitrogens is 2. The number of anilines is 1. The minimum Gasteiger partial charge on any atom is -0.506 e. The summed E-state index contributed by atoms with van der Waals surface area (Å²) in [7, 11) is 0. The van der Waals surface area contributed by atoms with E-state index in [2.05, 4.69) is 10.4 Å². The van der Waals surface area contributed by atoms with E-state index in [1.165, 1.54) is 16.9 Å². The molecule has 0 radical (unpaired) electrons. The van der Waals surface area contributed by atoms with Crippen molar-refractivity contribution in [1.82, 2.24) is 9.78 Å². The minimum absolute atomic E-state index is 0.0489. The number of phenols is 1. The van der Waals surface area contributed by atoms with Gasteiger partial charge in [0.2, 0.25) is 5.91 Å². The Bertz CT molecular complexity index is 668. The van der Waals surface area contributed by atoms with Gasteiger partial charge < -0.3 is 10.4 Å². The van der Waals surface area contributed by atoms with E-state index in [0.29, 0.717) is 6.42 Å². The van der Waals surface area contributed by atoms with E-state index in [9.17, 15) is 20.0 Å². The van der Waals surface area contributed by atoms with Crippen molar-refractivity contribution in [2.24, 2.45) is 0 Å². The second-order valence-electron chi connectivity index (χ2n) is 4.37. The number of nitro groups is 1. The molecule has 0 bridgehead atoms. The fraction of sp³-hybridized carbons (Fsp3) is 0.231. The number of amides is 1. The van der Waals surface area contributed by atoms with E-state index in [-0.39, 0.29) is 17.1 Å². The highest BCUT2D eigenvalue weighted by Gasteiger charge is 2.22. The third-order valence-electron chi connectivity index (χ3n) is 2.97. The standard InChI is InChI=1S/C13H14N4O4/c1-2-11(16-8-9(7-14-16)17(20)21)13(19)15-10-5-3-4-6-12(10)18/h3-8,11,18H,2H2,1H3,(H,15,19). The van der Waals surface area contributed by atoms with Crippen molar-refractivity contribution in [3.8, 4) is 5.75 Å². The summed E-state index contributed by atoms with van der Waals surface area (Å²) in [6, 6.07) is 5.63. The van der Waals surface area contributed by atoms with Crippen LogP contribution in [-0.2, 0) is 4.79 Å². The Hall–Kier alpha value is -2.90. The maximum atomic E-state index is 12.2. The van der Waals surface area contributed by atoms with Crippen LogP contribution in [-0.4, -0.2) is 25.7 Å². The molecule has 2 N–H and O–H groups in total. The Kier molecular flexibility index (Phi) is 4.17. The van der Waals surface area contributed by atoms with Gasteiger partial charge >= 0.3 is 5.69 Å². The number of benzene rings is 1. The summed E-state index contributed by atoms with van der Waals surface area (Å²) in [5, 5.41) is 26.7. The van der Waals surface area contributed by atoms with Crippen LogP contribution in [0.2, 0.25) is 0 Å². The quantitative estimate of drug-likeness (QED) is 0.497. The average Bonchev–Trinajstić information content (AvgIpc) is 2.92. The second-order valence-corrected chi connectivity index (χ2v) is 4.37. The van der Waals surface area contributed by atoms with Gasteiger partial charge in [-0.2, -0.15) is 5.10 Å². The van der Waals surface area contributed by atoms with Crippen LogP contribution in [0.1, 0.15) is 19.4 Å². The summed E-state index contributed by atoms with van der Waals surface area (Å²) in [4.78, 5) is 22.3. The number of aromatic hydroxyl groups is 1. The molecule has 2 rings (SSSR count). The lowest BCUT2D eigenvalue weighted by molar-refractivity contribution is -0.385. The molecule has 21 heavy (non-hydrogen) atoms. The number of carbonyl (C=O) groups is 1. The maximum Gasteiger partial charge on any atom is 0.307 e. The first-order valence-electron chi connectivity index (χ1n) is 6.30. The number of para-hydroxylation sites is 2. The molecule has 1 amide bonds. The molecule has 0 saturated heterocycles. The molecule has 1 aromatic heterocycles. The lowest BCUT2D eigenvalue weighted by atomic mass is 10.2. The van der Waals surface area contributed by atoms with E-state index in [4.69, 9.17) is 0 Å². The number of nitrogens with zero attached hydrogens (tertiary/aromatic N) is 3. The van der Waals surface area contributed by atoms with Crippen molar-refractivity contribution in [3.05, 3.63) is 46.8 Å². The minimum atomic E-state index is -0.696. The first kappa shape index (κ1) is 14.5. The predicted octanol–water partition coefficient (Wildman–Crippen LogP) is 2.09. The molecular weight excluding hydrogens is 276 g/mol. The summed E-state index contributed by atoms with van der Waals surface area (Å²) in [5.41, 5.74) is 0.103. The summed E-state index contributed by atoms with van der Waals surface area (Å²) in [6.45, 7) is 1.77. The molecule has 1 heterocycles. The Morgan fingerprint density at radius 3 is 2.81 bits per heavy atom. The molecule has 1 atom stereocenters. The van der Waals surface area contributed by atoms with Crippen molar-refractivity contribution in [2.45, 2.75) is 19.4 Å². The van der Waals surface area contributed by atoms with E-state index in [0.717, 1.165) is 6.20 Å². The fourth-order valence-corrected chi connectivity index (χ4v) is 1.88. The molecule has 0 saturated carbocycles. The van der Waals surface area contributed by atoms with Gasteiger partial charge in [0.25, 0.3) is 0 Å². The van der Waals surface area contributed by atoms with Gasteiger partial charge in [0.1, 0.15) is 24.2 Å². The lowest BCUT2D eigenvalue weighted by Gasteiger charge is -2.15. The van der Waals surface area contributed by atoms with Crippen LogP contribution in [0.4, 0.5) is 11.4 Å². The largest absolute Gasteiger partial charge is 0.506 e. The molecule has 0 aliphatic heterocycles. The van der Waals surface area contributed by atoms with E-state index < -0.39 is 16.9 Å². The first-order chi connectivity index (χ1) is 10.0. The van der Waals surface area contributed by atoms with Gasteiger partial charge in [-0.25, -0.2) is 0 Å². The Morgan fingerprint density at radius 1 is 1.52 bits per heavy atom. The van der Waals surface area contributed by atoms with Crippen LogP contribution < -0.4 is 5.32 Å². The van der Waals surface area contributed by atoms with E-state index in [1.54, 1.807) is 25.1 Å². The zero-order valence-electron chi connectivity index (χ0n) is 11.3. The maximum absolute atomic E-state index is 12.2. The van der Waals surface area contributed by atoms with Gasteiger partial charge in [0.05, 0.1) is 10.6 Å². The van der Waals surface area contributed by atoms with Crippen molar-refractivity contribution < 1.29 is 14.8 Å². The number of rotatable bonds is 5. The Labute approximate surface area is 120 Å². The molecule has 8 heteroatoms. The van der Waals surface area contributed by atoms with Crippen LogP contribution in [0, 0.1) is 10.1 Å². The van der Waals surface area contributed by atoms with Crippen LogP contribution in [0.25, 0.3) is 0 Å². The molecule has 8 nitrogen and oxygen atoms in total. The fourth-order valence-electron chi connectivity index (χ4n) is 1.88. The molecule has 2 aromatic rings. The average molecular weight is 290 g/mol. The van der Waals surface area contributed by atoms with Gasteiger partial charge in [-0.1, -0.05) is 19.1 Å². The monoisotopic (exact) mass is 290 g/mol. The normalized spacial score (nSPS) is 11.9. The Morgan fingerprint density at radius 2 is 2.24 bits per heavy atom. The molecule has 0 aliphatic rings. The number of hydrogen-bond donors (Lipinski definition) is 2. The summed E-state index contributed by atoms with van der Waals surface area (Å²) < 4.78 is 1.24. The van der Waals surface area contributed by atoms with Gasteiger partial charge in [0, 0.05) is 0 Å². The van der Waals surface area contributed by atoms with E-state index >= 15 is 0 Å². The number of phenolic OH excluding ortho intramolecular Hbond substituents is 1. The van der Waals surface area contributed by atoms with Gasteiger partial charge in [-0.05, 0) is 18.6 Å². The van der Waals surface area contributed by atoms with E-state index in [1.807, 2.05) is 0 Å². The summed E-state index contributed by atoms with van der Waals surface area (Å²) in [5.74, 6) is -0.454. The predicted molar refractivity (Wildman–Crippen MR) is 74.9 cm³/mol. The van der Waals surface area contributed by atoms with Crippen LogP contribution in [0.5, 0.6) is 5.75 Å². The zero-order chi connectivity index (χ0) is 15.4.